The zero-order valence-electron chi connectivity index (χ0n) is 15.7. The fourth-order valence-electron chi connectivity index (χ4n) is 4.54. The number of aromatic nitrogens is 2. The molecule has 1 aliphatic carbocycles. The maximum absolute atomic E-state index is 12.7. The van der Waals surface area contributed by atoms with Crippen molar-refractivity contribution in [2.75, 3.05) is 13.1 Å². The standard InChI is InChI=1S/C22H29N3O/c1-17-14-23-21(25(17)16-18-7-3-2-4-8-18)13-19-11-12-24(15-19)22(26)20-9-5-6-10-20/h2-4,7-8,14,19-20H,5-6,9-13,15-16H2,1H3. The van der Waals surface area contributed by atoms with Crippen molar-refractivity contribution in [1.29, 1.82) is 0 Å². The number of carbonyl (C=O) groups excluding carboxylic acids is 1. The van der Waals surface area contributed by atoms with Crippen molar-refractivity contribution in [2.45, 2.75) is 52.0 Å². The van der Waals surface area contributed by atoms with Gasteiger partial charge in [0.1, 0.15) is 5.82 Å². The summed E-state index contributed by atoms with van der Waals surface area (Å²) in [5.74, 6) is 2.41. The SMILES string of the molecule is Cc1cnc(CC2CCN(C(=O)C3CCCC3)C2)n1Cc1ccccc1. The van der Waals surface area contributed by atoms with Crippen LogP contribution in [0.3, 0.4) is 0 Å². The summed E-state index contributed by atoms with van der Waals surface area (Å²) in [7, 11) is 0. The first-order valence-corrected chi connectivity index (χ1v) is 10.0. The number of nitrogens with zero attached hydrogens (tertiary/aromatic N) is 3. The van der Waals surface area contributed by atoms with E-state index in [1.807, 2.05) is 6.20 Å². The van der Waals surface area contributed by atoms with Gasteiger partial charge in [0.15, 0.2) is 0 Å². The van der Waals surface area contributed by atoms with E-state index in [1.54, 1.807) is 0 Å². The van der Waals surface area contributed by atoms with Gasteiger partial charge in [-0.25, -0.2) is 4.98 Å². The summed E-state index contributed by atoms with van der Waals surface area (Å²) in [6.07, 6.45) is 8.70. The smallest absolute Gasteiger partial charge is 0.225 e. The predicted octanol–water partition coefficient (Wildman–Crippen LogP) is 3.82. The molecule has 0 bridgehead atoms. The molecule has 1 aromatic heterocycles. The average molecular weight is 351 g/mol. The van der Waals surface area contributed by atoms with Crippen LogP contribution in [0, 0.1) is 18.8 Å². The Labute approximate surface area is 156 Å². The fourth-order valence-corrected chi connectivity index (χ4v) is 4.54. The topological polar surface area (TPSA) is 38.1 Å². The Hall–Kier alpha value is -2.10. The first-order chi connectivity index (χ1) is 12.7. The molecule has 2 aliphatic rings. The van der Waals surface area contributed by atoms with Gasteiger partial charge in [-0.1, -0.05) is 43.2 Å². The normalized spacial score (nSPS) is 20.8. The molecule has 2 fully saturated rings. The maximum Gasteiger partial charge on any atom is 0.225 e. The quantitative estimate of drug-likeness (QED) is 0.821. The van der Waals surface area contributed by atoms with Crippen LogP contribution >= 0.6 is 0 Å². The van der Waals surface area contributed by atoms with Gasteiger partial charge in [-0.05, 0) is 37.7 Å². The van der Waals surface area contributed by atoms with Crippen LogP contribution in [-0.2, 0) is 17.8 Å². The van der Waals surface area contributed by atoms with Gasteiger partial charge in [-0.2, -0.15) is 0 Å². The molecule has 1 unspecified atom stereocenters. The molecule has 1 saturated carbocycles. The van der Waals surface area contributed by atoms with Gasteiger partial charge in [0.05, 0.1) is 0 Å². The van der Waals surface area contributed by atoms with Crippen LogP contribution in [-0.4, -0.2) is 33.4 Å². The number of rotatable bonds is 5. The Morgan fingerprint density at radius 2 is 1.92 bits per heavy atom. The van der Waals surface area contributed by atoms with Crippen LogP contribution in [0.2, 0.25) is 0 Å². The molecular formula is C22H29N3O. The largest absolute Gasteiger partial charge is 0.342 e. The van der Waals surface area contributed by atoms with Crippen molar-refractivity contribution in [2.24, 2.45) is 11.8 Å². The van der Waals surface area contributed by atoms with E-state index in [-0.39, 0.29) is 0 Å². The van der Waals surface area contributed by atoms with Crippen molar-refractivity contribution < 1.29 is 4.79 Å². The van der Waals surface area contributed by atoms with Gasteiger partial charge >= 0.3 is 0 Å². The molecule has 1 aliphatic heterocycles. The molecule has 0 N–H and O–H groups in total. The number of benzene rings is 1. The van der Waals surface area contributed by atoms with E-state index in [4.69, 9.17) is 0 Å². The molecule has 1 saturated heterocycles. The van der Waals surface area contributed by atoms with Crippen molar-refractivity contribution in [3.8, 4) is 0 Å². The number of carbonyl (C=O) groups is 1. The molecule has 4 heteroatoms. The summed E-state index contributed by atoms with van der Waals surface area (Å²) in [6, 6.07) is 10.6. The maximum atomic E-state index is 12.7. The van der Waals surface area contributed by atoms with Crippen molar-refractivity contribution in [3.63, 3.8) is 0 Å². The molecule has 1 aromatic carbocycles. The lowest BCUT2D eigenvalue weighted by molar-refractivity contribution is -0.134. The Kier molecular flexibility index (Phi) is 5.09. The van der Waals surface area contributed by atoms with E-state index < -0.39 is 0 Å². The third-order valence-electron chi connectivity index (χ3n) is 6.09. The van der Waals surface area contributed by atoms with Crippen molar-refractivity contribution >= 4 is 5.91 Å². The first kappa shape index (κ1) is 17.3. The van der Waals surface area contributed by atoms with Crippen LogP contribution in [0.5, 0.6) is 0 Å². The van der Waals surface area contributed by atoms with E-state index in [9.17, 15) is 4.79 Å². The second kappa shape index (κ2) is 7.65. The third kappa shape index (κ3) is 3.69. The van der Waals surface area contributed by atoms with Crippen LogP contribution in [0.4, 0.5) is 0 Å². The predicted molar refractivity (Wildman–Crippen MR) is 103 cm³/mol. The van der Waals surface area contributed by atoms with Crippen LogP contribution in [0.25, 0.3) is 0 Å². The highest BCUT2D eigenvalue weighted by Gasteiger charge is 2.32. The molecule has 0 radical (unpaired) electrons. The monoisotopic (exact) mass is 351 g/mol. The lowest BCUT2D eigenvalue weighted by Gasteiger charge is -2.20. The minimum absolute atomic E-state index is 0.302. The van der Waals surface area contributed by atoms with Crippen molar-refractivity contribution in [3.05, 3.63) is 53.6 Å². The molecule has 138 valence electrons. The summed E-state index contributed by atoms with van der Waals surface area (Å²) >= 11 is 0. The number of likely N-dealkylation sites (tertiary alicyclic amines) is 1. The summed E-state index contributed by atoms with van der Waals surface area (Å²) in [5, 5.41) is 0. The molecule has 1 amide bonds. The fraction of sp³-hybridized carbons (Fsp3) is 0.545. The molecule has 4 rings (SSSR count). The number of hydrogen-bond donors (Lipinski definition) is 0. The lowest BCUT2D eigenvalue weighted by atomic mass is 10.0. The van der Waals surface area contributed by atoms with E-state index in [1.165, 1.54) is 24.1 Å². The van der Waals surface area contributed by atoms with E-state index in [0.717, 1.165) is 51.1 Å². The van der Waals surface area contributed by atoms with Crippen LogP contribution in [0.1, 0.15) is 49.2 Å². The van der Waals surface area contributed by atoms with Gasteiger partial charge in [-0.15, -0.1) is 0 Å². The number of aryl methyl sites for hydroxylation is 1. The second-order valence-electron chi connectivity index (χ2n) is 8.01. The number of amides is 1. The molecule has 1 atom stereocenters. The van der Waals surface area contributed by atoms with Gasteiger partial charge < -0.3 is 9.47 Å². The molecule has 4 nitrogen and oxygen atoms in total. The number of imidazole rings is 1. The van der Waals surface area contributed by atoms with Gasteiger partial charge in [-0.3, -0.25) is 4.79 Å². The van der Waals surface area contributed by atoms with Gasteiger partial charge in [0, 0.05) is 43.9 Å². The third-order valence-corrected chi connectivity index (χ3v) is 6.09. The summed E-state index contributed by atoms with van der Waals surface area (Å²) in [4.78, 5) is 19.5. The first-order valence-electron chi connectivity index (χ1n) is 10.0. The van der Waals surface area contributed by atoms with Crippen LogP contribution in [0.15, 0.2) is 36.5 Å². The van der Waals surface area contributed by atoms with E-state index >= 15 is 0 Å². The van der Waals surface area contributed by atoms with Gasteiger partial charge in [0.2, 0.25) is 5.91 Å². The summed E-state index contributed by atoms with van der Waals surface area (Å²) < 4.78 is 2.33. The van der Waals surface area contributed by atoms with E-state index in [0.29, 0.717) is 17.7 Å². The zero-order chi connectivity index (χ0) is 17.9. The Morgan fingerprint density at radius 3 is 2.69 bits per heavy atom. The van der Waals surface area contributed by atoms with Crippen molar-refractivity contribution in [1.82, 2.24) is 14.5 Å². The Morgan fingerprint density at radius 1 is 1.15 bits per heavy atom. The summed E-state index contributed by atoms with van der Waals surface area (Å²) in [5.41, 5.74) is 2.51. The zero-order valence-corrected chi connectivity index (χ0v) is 15.7. The second-order valence-corrected chi connectivity index (χ2v) is 8.01. The number of hydrogen-bond acceptors (Lipinski definition) is 2. The highest BCUT2D eigenvalue weighted by molar-refractivity contribution is 5.79. The lowest BCUT2D eigenvalue weighted by Crippen LogP contribution is -2.33. The average Bonchev–Trinajstić information content (AvgIpc) is 3.40. The van der Waals surface area contributed by atoms with E-state index in [2.05, 4.69) is 51.7 Å². The Bertz CT molecular complexity index is 746. The Balaban J connectivity index is 1.40. The minimum Gasteiger partial charge on any atom is -0.342 e. The summed E-state index contributed by atoms with van der Waals surface area (Å²) in [6.45, 7) is 4.84. The minimum atomic E-state index is 0.302. The molecule has 2 aromatic rings. The van der Waals surface area contributed by atoms with Crippen LogP contribution < -0.4 is 0 Å². The molecular weight excluding hydrogens is 322 g/mol. The molecule has 2 heterocycles. The highest BCUT2D eigenvalue weighted by atomic mass is 16.2. The van der Waals surface area contributed by atoms with Gasteiger partial charge in [0.25, 0.3) is 0 Å². The highest BCUT2D eigenvalue weighted by Crippen LogP contribution is 2.29. The molecule has 0 spiro atoms. The molecule has 26 heavy (non-hydrogen) atoms.